The van der Waals surface area contributed by atoms with Gasteiger partial charge < -0.3 is 4.52 Å². The van der Waals surface area contributed by atoms with Crippen molar-refractivity contribution in [3.8, 4) is 0 Å². The topological polar surface area (TPSA) is 72.2 Å². The smallest absolute Gasteiger partial charge is 0.246 e. The maximum Gasteiger partial charge on any atom is 0.246 e. The van der Waals surface area contributed by atoms with E-state index in [1.807, 2.05) is 12.1 Å². The third kappa shape index (κ3) is 3.04. The quantitative estimate of drug-likeness (QED) is 0.905. The maximum absolute atomic E-state index is 12.7. The van der Waals surface area contributed by atoms with Gasteiger partial charge in [0.15, 0.2) is 5.76 Å². The summed E-state index contributed by atoms with van der Waals surface area (Å²) in [5, 5.41) is 4.35. The van der Waals surface area contributed by atoms with Crippen molar-refractivity contribution in [1.29, 1.82) is 0 Å². The van der Waals surface area contributed by atoms with Crippen molar-refractivity contribution in [3.63, 3.8) is 0 Å². The first-order valence-electron chi connectivity index (χ1n) is 7.09. The molecule has 22 heavy (non-hydrogen) atoms. The molecule has 118 valence electrons. The fourth-order valence-corrected chi connectivity index (χ4v) is 4.37. The molecular weight excluding hydrogens is 324 g/mol. The van der Waals surface area contributed by atoms with Crippen LogP contribution in [0.3, 0.4) is 0 Å². The van der Waals surface area contributed by atoms with Gasteiger partial charge in [0.25, 0.3) is 0 Å². The molecule has 1 atom stereocenters. The van der Waals surface area contributed by atoms with Crippen LogP contribution in [-0.2, 0) is 10.0 Å². The number of nitrogens with one attached hydrogen (secondary N) is 1. The third-order valence-electron chi connectivity index (χ3n) is 3.84. The van der Waals surface area contributed by atoms with Gasteiger partial charge in [-0.1, -0.05) is 28.9 Å². The van der Waals surface area contributed by atoms with E-state index in [1.165, 1.54) is 0 Å². The van der Waals surface area contributed by atoms with E-state index in [0.717, 1.165) is 18.4 Å². The highest BCUT2D eigenvalue weighted by Crippen LogP contribution is 2.42. The summed E-state index contributed by atoms with van der Waals surface area (Å²) in [7, 11) is -3.68. The summed E-state index contributed by atoms with van der Waals surface area (Å²) in [6.07, 6.45) is 2.02. The van der Waals surface area contributed by atoms with Gasteiger partial charge in [0.05, 0.1) is 0 Å². The normalized spacial score (nSPS) is 16.7. The average Bonchev–Trinajstić information content (AvgIpc) is 3.23. The van der Waals surface area contributed by atoms with Gasteiger partial charge in [0.2, 0.25) is 10.0 Å². The van der Waals surface area contributed by atoms with Crippen LogP contribution in [0.5, 0.6) is 0 Å². The molecule has 5 nitrogen and oxygen atoms in total. The third-order valence-corrected chi connectivity index (χ3v) is 5.78. The predicted molar refractivity (Wildman–Crippen MR) is 83.2 cm³/mol. The van der Waals surface area contributed by atoms with Crippen molar-refractivity contribution in [2.75, 3.05) is 0 Å². The van der Waals surface area contributed by atoms with Gasteiger partial charge >= 0.3 is 0 Å². The summed E-state index contributed by atoms with van der Waals surface area (Å²) >= 11 is 5.91. The molecule has 1 aliphatic carbocycles. The summed E-state index contributed by atoms with van der Waals surface area (Å²) in [6.45, 7) is 3.22. The van der Waals surface area contributed by atoms with Crippen molar-refractivity contribution in [2.45, 2.75) is 37.6 Å². The molecule has 1 aliphatic rings. The minimum Gasteiger partial charge on any atom is -0.360 e. The lowest BCUT2D eigenvalue weighted by Crippen LogP contribution is -2.30. The van der Waals surface area contributed by atoms with E-state index < -0.39 is 10.0 Å². The molecule has 0 saturated heterocycles. The predicted octanol–water partition coefficient (Wildman–Crippen LogP) is 3.37. The van der Waals surface area contributed by atoms with Crippen molar-refractivity contribution >= 4 is 21.6 Å². The van der Waals surface area contributed by atoms with Gasteiger partial charge in [0, 0.05) is 11.1 Å². The van der Waals surface area contributed by atoms with E-state index in [2.05, 4.69) is 9.88 Å². The number of nitrogens with zero attached hydrogens (tertiary/aromatic N) is 1. The molecule has 1 aromatic heterocycles. The highest BCUT2D eigenvalue weighted by molar-refractivity contribution is 7.89. The van der Waals surface area contributed by atoms with Crippen LogP contribution in [0, 0.1) is 19.8 Å². The number of hydrogen-bond donors (Lipinski definition) is 1. The first-order chi connectivity index (χ1) is 10.4. The molecule has 1 heterocycles. The zero-order valence-electron chi connectivity index (χ0n) is 12.3. The Kier molecular flexibility index (Phi) is 4.01. The van der Waals surface area contributed by atoms with Crippen molar-refractivity contribution in [2.24, 2.45) is 5.92 Å². The Hall–Kier alpha value is -1.37. The number of halogens is 1. The van der Waals surface area contributed by atoms with Gasteiger partial charge in [-0.05, 0) is 50.3 Å². The number of rotatable bonds is 5. The highest BCUT2D eigenvalue weighted by Gasteiger charge is 2.37. The molecule has 2 aromatic rings. The Balaban J connectivity index is 1.93. The second-order valence-corrected chi connectivity index (χ2v) is 7.73. The molecule has 0 aliphatic heterocycles. The van der Waals surface area contributed by atoms with Gasteiger partial charge in [-0.25, -0.2) is 13.1 Å². The molecule has 0 radical (unpaired) electrons. The zero-order valence-corrected chi connectivity index (χ0v) is 13.9. The summed E-state index contributed by atoms with van der Waals surface area (Å²) in [6, 6.07) is 7.02. The molecule has 1 aromatic carbocycles. The Morgan fingerprint density at radius 1 is 1.27 bits per heavy atom. The van der Waals surface area contributed by atoms with Crippen LogP contribution in [-0.4, -0.2) is 13.6 Å². The molecule has 1 fully saturated rings. The van der Waals surface area contributed by atoms with Crippen molar-refractivity contribution in [3.05, 3.63) is 46.3 Å². The van der Waals surface area contributed by atoms with E-state index in [-0.39, 0.29) is 10.9 Å². The first-order valence-corrected chi connectivity index (χ1v) is 8.95. The number of sulfonamides is 1. The minimum absolute atomic E-state index is 0.132. The monoisotopic (exact) mass is 340 g/mol. The number of benzene rings is 1. The van der Waals surface area contributed by atoms with E-state index in [1.54, 1.807) is 26.0 Å². The second-order valence-electron chi connectivity index (χ2n) is 5.64. The van der Waals surface area contributed by atoms with E-state index >= 15 is 0 Å². The first kappa shape index (κ1) is 15.5. The molecule has 1 saturated carbocycles. The van der Waals surface area contributed by atoms with Gasteiger partial charge in [-0.3, -0.25) is 0 Å². The Morgan fingerprint density at radius 3 is 2.41 bits per heavy atom. The average molecular weight is 341 g/mol. The summed E-state index contributed by atoms with van der Waals surface area (Å²) in [5.74, 6) is 0.618. The Bertz CT molecular complexity index is 760. The fraction of sp³-hybridized carbons (Fsp3) is 0.400. The number of aromatic nitrogens is 1. The molecular formula is C15H17ClN2O3S. The maximum atomic E-state index is 12.7. The molecule has 0 amide bonds. The molecule has 1 unspecified atom stereocenters. The Labute approximate surface area is 134 Å². The largest absolute Gasteiger partial charge is 0.360 e. The van der Waals surface area contributed by atoms with Crippen LogP contribution in [0.2, 0.25) is 5.02 Å². The van der Waals surface area contributed by atoms with Crippen molar-refractivity contribution in [1.82, 2.24) is 9.88 Å². The minimum atomic E-state index is -3.68. The molecule has 1 N–H and O–H groups in total. The number of aryl methyl sites for hydroxylation is 2. The molecule has 7 heteroatoms. The SMILES string of the molecule is Cc1noc(C)c1S(=O)(=O)NC(c1ccc(Cl)cc1)C1CC1. The van der Waals surface area contributed by atoms with Crippen molar-refractivity contribution < 1.29 is 12.9 Å². The lowest BCUT2D eigenvalue weighted by atomic mass is 10.0. The van der Waals surface area contributed by atoms with E-state index in [9.17, 15) is 8.42 Å². The van der Waals surface area contributed by atoms with Crippen LogP contribution in [0.1, 0.15) is 35.9 Å². The molecule has 3 rings (SSSR count). The lowest BCUT2D eigenvalue weighted by molar-refractivity contribution is 0.390. The van der Waals surface area contributed by atoms with Crippen LogP contribution in [0.15, 0.2) is 33.7 Å². The molecule has 0 bridgehead atoms. The lowest BCUT2D eigenvalue weighted by Gasteiger charge is -2.18. The standard InChI is InChI=1S/C15H17ClN2O3S/c1-9-15(10(2)21-17-9)22(19,20)18-14(11-3-4-11)12-5-7-13(16)8-6-12/h5-8,11,14,18H,3-4H2,1-2H3. The summed E-state index contributed by atoms with van der Waals surface area (Å²) in [4.78, 5) is 0.132. The second kappa shape index (κ2) is 5.68. The fourth-order valence-electron chi connectivity index (χ4n) is 2.62. The van der Waals surface area contributed by atoms with Crippen LogP contribution in [0.25, 0.3) is 0 Å². The van der Waals surface area contributed by atoms with Gasteiger partial charge in [-0.2, -0.15) is 0 Å². The van der Waals surface area contributed by atoms with E-state index in [0.29, 0.717) is 22.4 Å². The Morgan fingerprint density at radius 2 is 1.91 bits per heavy atom. The van der Waals surface area contributed by atoms with Crippen LogP contribution >= 0.6 is 11.6 Å². The zero-order chi connectivity index (χ0) is 15.9. The van der Waals surface area contributed by atoms with E-state index in [4.69, 9.17) is 16.1 Å². The molecule has 0 spiro atoms. The van der Waals surface area contributed by atoms with Gasteiger partial charge in [0.1, 0.15) is 10.6 Å². The summed E-state index contributed by atoms with van der Waals surface area (Å²) in [5.41, 5.74) is 1.29. The van der Waals surface area contributed by atoms with Crippen LogP contribution < -0.4 is 4.72 Å². The van der Waals surface area contributed by atoms with Gasteiger partial charge in [-0.15, -0.1) is 0 Å². The number of hydrogen-bond acceptors (Lipinski definition) is 4. The summed E-state index contributed by atoms with van der Waals surface area (Å²) < 4.78 is 33.1. The van der Waals surface area contributed by atoms with Crippen LogP contribution in [0.4, 0.5) is 0 Å². The highest BCUT2D eigenvalue weighted by atomic mass is 35.5.